The molecule has 2 fully saturated rings. The molecular weight excluding hydrogens is 230 g/mol. The lowest BCUT2D eigenvalue weighted by atomic mass is 9.68. The molecule has 1 saturated carbocycles. The van der Waals surface area contributed by atoms with Gasteiger partial charge in [-0.15, -0.1) is 11.3 Å². The first kappa shape index (κ1) is 11.2. The molecule has 90 valence electrons. The van der Waals surface area contributed by atoms with Gasteiger partial charge < -0.3 is 4.90 Å². The number of likely N-dealkylation sites (tertiary alicyclic amines) is 1. The highest BCUT2D eigenvalue weighted by Gasteiger charge is 2.41. The number of hydrogen-bond acceptors (Lipinski definition) is 4. The first-order chi connectivity index (χ1) is 8.23. The molecule has 1 aliphatic carbocycles. The summed E-state index contributed by atoms with van der Waals surface area (Å²) in [5.41, 5.74) is 0.806. The highest BCUT2D eigenvalue weighted by atomic mass is 32.1. The Morgan fingerprint density at radius 1 is 1.59 bits per heavy atom. The maximum Gasteiger partial charge on any atom is 0.100 e. The van der Waals surface area contributed by atoms with Crippen molar-refractivity contribution in [3.8, 4) is 6.07 Å². The molecule has 0 bridgehead atoms. The summed E-state index contributed by atoms with van der Waals surface area (Å²) in [6.45, 7) is 2.29. The van der Waals surface area contributed by atoms with Gasteiger partial charge in [0, 0.05) is 17.8 Å². The third-order valence-electron chi connectivity index (χ3n) is 4.17. The summed E-state index contributed by atoms with van der Waals surface area (Å²) in [6, 6.07) is 2.48. The van der Waals surface area contributed by atoms with Gasteiger partial charge in [0.05, 0.1) is 16.8 Å². The Balaban J connectivity index is 1.81. The third kappa shape index (κ3) is 1.78. The molecule has 2 aliphatic rings. The van der Waals surface area contributed by atoms with Crippen LogP contribution < -0.4 is 0 Å². The zero-order valence-electron chi connectivity index (χ0n) is 10.1. The Kier molecular flexibility index (Phi) is 2.68. The fraction of sp³-hybridized carbons (Fsp3) is 0.692. The van der Waals surface area contributed by atoms with E-state index in [-0.39, 0.29) is 5.41 Å². The molecule has 0 radical (unpaired) electrons. The Morgan fingerprint density at radius 3 is 2.94 bits per heavy atom. The molecule has 0 N–H and O–H groups in total. The van der Waals surface area contributed by atoms with Crippen LogP contribution in [0.15, 0.2) is 5.38 Å². The van der Waals surface area contributed by atoms with Crippen LogP contribution in [0.5, 0.6) is 0 Å². The standard InChI is InChI=1S/C13H17N3S/c1-16-6-3-10(7-16)12-15-11(8-17-12)13(9-14)4-2-5-13/h8,10H,2-7H2,1H3. The smallest absolute Gasteiger partial charge is 0.100 e. The summed E-state index contributed by atoms with van der Waals surface area (Å²) in [5, 5.41) is 12.7. The van der Waals surface area contributed by atoms with E-state index in [2.05, 4.69) is 23.4 Å². The molecule has 3 nitrogen and oxygen atoms in total. The maximum atomic E-state index is 9.31. The lowest BCUT2D eigenvalue weighted by Gasteiger charge is -2.33. The first-order valence-corrected chi connectivity index (χ1v) is 7.17. The highest BCUT2D eigenvalue weighted by molar-refractivity contribution is 7.09. The Morgan fingerprint density at radius 2 is 2.41 bits per heavy atom. The predicted molar refractivity (Wildman–Crippen MR) is 68.1 cm³/mol. The summed E-state index contributed by atoms with van der Waals surface area (Å²) in [4.78, 5) is 7.12. The van der Waals surface area contributed by atoms with E-state index in [1.54, 1.807) is 11.3 Å². The summed E-state index contributed by atoms with van der Waals surface area (Å²) >= 11 is 1.75. The van der Waals surface area contributed by atoms with Gasteiger partial charge in [0.15, 0.2) is 0 Å². The van der Waals surface area contributed by atoms with Gasteiger partial charge in [-0.3, -0.25) is 0 Å². The van der Waals surface area contributed by atoms with E-state index in [0.29, 0.717) is 5.92 Å². The lowest BCUT2D eigenvalue weighted by molar-refractivity contribution is 0.316. The number of aromatic nitrogens is 1. The first-order valence-electron chi connectivity index (χ1n) is 6.29. The fourth-order valence-electron chi connectivity index (χ4n) is 2.79. The van der Waals surface area contributed by atoms with Crippen LogP contribution in [0.1, 0.15) is 42.3 Å². The van der Waals surface area contributed by atoms with E-state index >= 15 is 0 Å². The zero-order chi connectivity index (χ0) is 11.9. The van der Waals surface area contributed by atoms with Crippen molar-refractivity contribution in [3.05, 3.63) is 16.1 Å². The molecule has 1 aliphatic heterocycles. The van der Waals surface area contributed by atoms with Gasteiger partial charge in [-0.1, -0.05) is 0 Å². The van der Waals surface area contributed by atoms with Crippen LogP contribution in [-0.4, -0.2) is 30.0 Å². The summed E-state index contributed by atoms with van der Waals surface area (Å²) < 4.78 is 0. The molecule has 4 heteroatoms. The average Bonchev–Trinajstić information content (AvgIpc) is 2.86. The molecule has 2 heterocycles. The number of thiazole rings is 1. The number of nitriles is 1. The molecule has 1 unspecified atom stereocenters. The Bertz CT molecular complexity index is 455. The molecule has 0 amide bonds. The van der Waals surface area contributed by atoms with Crippen LogP contribution in [0.25, 0.3) is 0 Å². The van der Waals surface area contributed by atoms with Gasteiger partial charge in [0.25, 0.3) is 0 Å². The highest BCUT2D eigenvalue weighted by Crippen LogP contribution is 2.44. The molecule has 1 saturated heterocycles. The Hall–Kier alpha value is -0.920. The fourth-order valence-corrected chi connectivity index (χ4v) is 3.83. The van der Waals surface area contributed by atoms with Crippen LogP contribution in [0.4, 0.5) is 0 Å². The second kappa shape index (κ2) is 4.08. The molecule has 0 spiro atoms. The minimum absolute atomic E-state index is 0.237. The summed E-state index contributed by atoms with van der Waals surface area (Å²) in [6.07, 6.45) is 4.38. The van der Waals surface area contributed by atoms with Gasteiger partial charge in [-0.2, -0.15) is 5.26 Å². The molecule has 3 rings (SSSR count). The zero-order valence-corrected chi connectivity index (χ0v) is 11.0. The largest absolute Gasteiger partial charge is 0.306 e. The van der Waals surface area contributed by atoms with Crippen molar-refractivity contribution in [2.45, 2.75) is 37.0 Å². The number of nitrogens with zero attached hydrogens (tertiary/aromatic N) is 3. The van der Waals surface area contributed by atoms with E-state index in [0.717, 1.165) is 25.1 Å². The number of likely N-dealkylation sites (N-methyl/N-ethyl adjacent to an activating group) is 1. The maximum absolute atomic E-state index is 9.31. The van der Waals surface area contributed by atoms with Gasteiger partial charge in [-0.05, 0) is 39.3 Å². The normalized spacial score (nSPS) is 27.6. The van der Waals surface area contributed by atoms with Crippen molar-refractivity contribution in [3.63, 3.8) is 0 Å². The second-order valence-electron chi connectivity index (χ2n) is 5.37. The van der Waals surface area contributed by atoms with E-state index < -0.39 is 0 Å². The predicted octanol–water partition coefficient (Wildman–Crippen LogP) is 2.51. The van der Waals surface area contributed by atoms with Crippen molar-refractivity contribution < 1.29 is 0 Å². The van der Waals surface area contributed by atoms with Crippen LogP contribution in [0.3, 0.4) is 0 Å². The second-order valence-corrected chi connectivity index (χ2v) is 6.26. The van der Waals surface area contributed by atoms with Crippen LogP contribution >= 0.6 is 11.3 Å². The van der Waals surface area contributed by atoms with Gasteiger partial charge in [0.2, 0.25) is 0 Å². The minimum Gasteiger partial charge on any atom is -0.306 e. The van der Waals surface area contributed by atoms with Crippen molar-refractivity contribution in [2.75, 3.05) is 20.1 Å². The summed E-state index contributed by atoms with van der Waals surface area (Å²) in [5.74, 6) is 0.592. The molecule has 1 aromatic heterocycles. The van der Waals surface area contributed by atoms with Crippen molar-refractivity contribution in [1.82, 2.24) is 9.88 Å². The van der Waals surface area contributed by atoms with Crippen molar-refractivity contribution in [2.24, 2.45) is 0 Å². The average molecular weight is 247 g/mol. The Labute approximate surface area is 106 Å². The van der Waals surface area contributed by atoms with Crippen LogP contribution in [0.2, 0.25) is 0 Å². The van der Waals surface area contributed by atoms with E-state index in [1.807, 2.05) is 0 Å². The van der Waals surface area contributed by atoms with Crippen LogP contribution in [0, 0.1) is 11.3 Å². The third-order valence-corrected chi connectivity index (χ3v) is 5.18. The van der Waals surface area contributed by atoms with E-state index in [9.17, 15) is 5.26 Å². The number of hydrogen-bond donors (Lipinski definition) is 0. The molecular formula is C13H17N3S. The summed E-state index contributed by atoms with van der Waals surface area (Å²) in [7, 11) is 2.16. The molecule has 1 aromatic rings. The van der Waals surface area contributed by atoms with Gasteiger partial charge in [-0.25, -0.2) is 4.98 Å². The molecule has 1 atom stereocenters. The SMILES string of the molecule is CN1CCC(c2nc(C3(C#N)CCC3)cs2)C1. The van der Waals surface area contributed by atoms with Gasteiger partial charge >= 0.3 is 0 Å². The quantitative estimate of drug-likeness (QED) is 0.806. The minimum atomic E-state index is -0.237. The van der Waals surface area contributed by atoms with Crippen LogP contribution in [-0.2, 0) is 5.41 Å². The monoisotopic (exact) mass is 247 g/mol. The number of rotatable bonds is 2. The molecule has 17 heavy (non-hydrogen) atoms. The van der Waals surface area contributed by atoms with E-state index in [4.69, 9.17) is 4.98 Å². The van der Waals surface area contributed by atoms with Crippen molar-refractivity contribution in [1.29, 1.82) is 5.26 Å². The topological polar surface area (TPSA) is 39.9 Å². The van der Waals surface area contributed by atoms with Crippen molar-refractivity contribution >= 4 is 11.3 Å². The lowest BCUT2D eigenvalue weighted by Crippen LogP contribution is -2.32. The van der Waals surface area contributed by atoms with E-state index in [1.165, 1.54) is 24.4 Å². The van der Waals surface area contributed by atoms with Gasteiger partial charge in [0.1, 0.15) is 5.41 Å². The molecule has 0 aromatic carbocycles.